The minimum absolute atomic E-state index is 0.0245. The monoisotopic (exact) mass is 260 g/mol. The fraction of sp³-hybridized carbons (Fsp3) is 0.0714. The molecule has 0 bridgehead atoms. The lowest BCUT2D eigenvalue weighted by molar-refractivity contribution is 0.251. The van der Waals surface area contributed by atoms with E-state index in [-0.39, 0.29) is 18.1 Å². The SMILES string of the molecule is O=C(NCc1ccccc1F)Nc1ccccc1O. The van der Waals surface area contributed by atoms with Crippen LogP contribution in [-0.2, 0) is 6.54 Å². The maximum atomic E-state index is 13.3. The zero-order valence-corrected chi connectivity index (χ0v) is 10.1. The number of halogens is 1. The van der Waals surface area contributed by atoms with E-state index in [2.05, 4.69) is 10.6 Å². The van der Waals surface area contributed by atoms with Crippen molar-refractivity contribution in [3.8, 4) is 5.75 Å². The fourth-order valence-corrected chi connectivity index (χ4v) is 1.56. The Morgan fingerprint density at radius 2 is 1.79 bits per heavy atom. The number of carbonyl (C=O) groups is 1. The highest BCUT2D eigenvalue weighted by Gasteiger charge is 2.06. The molecule has 19 heavy (non-hydrogen) atoms. The molecule has 0 aliphatic heterocycles. The van der Waals surface area contributed by atoms with Crippen LogP contribution in [-0.4, -0.2) is 11.1 Å². The van der Waals surface area contributed by atoms with Gasteiger partial charge in [0.05, 0.1) is 5.69 Å². The van der Waals surface area contributed by atoms with E-state index >= 15 is 0 Å². The van der Waals surface area contributed by atoms with Gasteiger partial charge in [0.1, 0.15) is 11.6 Å². The summed E-state index contributed by atoms with van der Waals surface area (Å²) in [5, 5.41) is 14.5. The Hall–Kier alpha value is -2.56. The third-order valence-electron chi connectivity index (χ3n) is 2.55. The van der Waals surface area contributed by atoms with Crippen LogP contribution in [0, 0.1) is 5.82 Å². The predicted octanol–water partition coefficient (Wildman–Crippen LogP) is 2.85. The Bertz CT molecular complexity index is 587. The van der Waals surface area contributed by atoms with Crippen LogP contribution in [0.25, 0.3) is 0 Å². The number of anilines is 1. The quantitative estimate of drug-likeness (QED) is 0.743. The number of carbonyl (C=O) groups excluding carboxylic acids is 1. The van der Waals surface area contributed by atoms with Crippen molar-refractivity contribution in [1.82, 2.24) is 5.32 Å². The van der Waals surface area contributed by atoms with Crippen molar-refractivity contribution in [3.63, 3.8) is 0 Å². The van der Waals surface area contributed by atoms with E-state index in [1.54, 1.807) is 36.4 Å². The summed E-state index contributed by atoms with van der Waals surface area (Å²) in [7, 11) is 0. The van der Waals surface area contributed by atoms with E-state index in [1.807, 2.05) is 0 Å². The molecule has 0 aromatic heterocycles. The van der Waals surface area contributed by atoms with Crippen LogP contribution in [0.15, 0.2) is 48.5 Å². The van der Waals surface area contributed by atoms with Gasteiger partial charge < -0.3 is 15.7 Å². The Kier molecular flexibility index (Phi) is 3.97. The number of aromatic hydroxyl groups is 1. The highest BCUT2D eigenvalue weighted by Crippen LogP contribution is 2.21. The lowest BCUT2D eigenvalue weighted by Gasteiger charge is -2.09. The molecule has 0 unspecified atom stereocenters. The second-order valence-electron chi connectivity index (χ2n) is 3.92. The molecule has 2 amide bonds. The van der Waals surface area contributed by atoms with Crippen molar-refractivity contribution in [2.75, 3.05) is 5.32 Å². The highest BCUT2D eigenvalue weighted by atomic mass is 19.1. The molecular weight excluding hydrogens is 247 g/mol. The van der Waals surface area contributed by atoms with Gasteiger partial charge >= 0.3 is 6.03 Å². The van der Waals surface area contributed by atoms with Crippen LogP contribution < -0.4 is 10.6 Å². The molecule has 2 aromatic carbocycles. The zero-order chi connectivity index (χ0) is 13.7. The first-order valence-corrected chi connectivity index (χ1v) is 5.73. The number of amides is 2. The van der Waals surface area contributed by atoms with Crippen LogP contribution in [0.3, 0.4) is 0 Å². The van der Waals surface area contributed by atoms with Gasteiger partial charge in [0.15, 0.2) is 0 Å². The van der Waals surface area contributed by atoms with Gasteiger partial charge in [-0.2, -0.15) is 0 Å². The Morgan fingerprint density at radius 3 is 2.53 bits per heavy atom. The summed E-state index contributed by atoms with van der Waals surface area (Å²) >= 11 is 0. The maximum absolute atomic E-state index is 13.3. The smallest absolute Gasteiger partial charge is 0.319 e. The molecule has 2 rings (SSSR count). The van der Waals surface area contributed by atoms with Gasteiger partial charge in [0.25, 0.3) is 0 Å². The number of hydrogen-bond donors (Lipinski definition) is 3. The number of urea groups is 1. The Morgan fingerprint density at radius 1 is 1.11 bits per heavy atom. The normalized spacial score (nSPS) is 9.95. The van der Waals surface area contributed by atoms with Gasteiger partial charge in [-0.1, -0.05) is 30.3 Å². The molecular formula is C14H13FN2O2. The number of para-hydroxylation sites is 2. The topological polar surface area (TPSA) is 61.4 Å². The second-order valence-corrected chi connectivity index (χ2v) is 3.92. The Labute approximate surface area is 109 Å². The molecule has 0 aliphatic carbocycles. The number of hydrogen-bond acceptors (Lipinski definition) is 2. The summed E-state index contributed by atoms with van der Waals surface area (Å²) in [4.78, 5) is 11.6. The van der Waals surface area contributed by atoms with E-state index in [4.69, 9.17) is 0 Å². The van der Waals surface area contributed by atoms with Gasteiger partial charge in [0, 0.05) is 12.1 Å². The predicted molar refractivity (Wildman–Crippen MR) is 70.4 cm³/mol. The molecule has 0 heterocycles. The summed E-state index contributed by atoms with van der Waals surface area (Å²) in [6.07, 6.45) is 0. The van der Waals surface area contributed by atoms with Gasteiger partial charge in [-0.15, -0.1) is 0 Å². The standard InChI is InChI=1S/C14H13FN2O2/c15-11-6-2-1-5-10(11)9-16-14(19)17-12-7-3-4-8-13(12)18/h1-8,18H,9H2,(H2,16,17,19). The molecule has 3 N–H and O–H groups in total. The summed E-state index contributed by atoms with van der Waals surface area (Å²) in [6, 6.07) is 12.1. The van der Waals surface area contributed by atoms with Crippen LogP contribution in [0.1, 0.15) is 5.56 Å². The van der Waals surface area contributed by atoms with Crippen molar-refractivity contribution in [1.29, 1.82) is 0 Å². The highest BCUT2D eigenvalue weighted by molar-refractivity contribution is 5.90. The van der Waals surface area contributed by atoms with E-state index in [9.17, 15) is 14.3 Å². The van der Waals surface area contributed by atoms with Gasteiger partial charge in [0.2, 0.25) is 0 Å². The zero-order valence-electron chi connectivity index (χ0n) is 10.1. The average molecular weight is 260 g/mol. The molecule has 98 valence electrons. The summed E-state index contributed by atoms with van der Waals surface area (Å²) in [6.45, 7) is 0.0755. The van der Waals surface area contributed by atoms with Gasteiger partial charge in [-0.05, 0) is 18.2 Å². The number of rotatable bonds is 3. The van der Waals surface area contributed by atoms with E-state index in [0.29, 0.717) is 11.3 Å². The number of benzene rings is 2. The van der Waals surface area contributed by atoms with Crippen molar-refractivity contribution < 1.29 is 14.3 Å². The third-order valence-corrected chi connectivity index (χ3v) is 2.55. The van der Waals surface area contributed by atoms with Crippen molar-refractivity contribution in [2.24, 2.45) is 0 Å². The molecule has 5 heteroatoms. The van der Waals surface area contributed by atoms with E-state index in [1.165, 1.54) is 12.1 Å². The average Bonchev–Trinajstić information content (AvgIpc) is 2.40. The molecule has 0 radical (unpaired) electrons. The molecule has 0 aliphatic rings. The van der Waals surface area contributed by atoms with Gasteiger partial charge in [-0.3, -0.25) is 0 Å². The Balaban J connectivity index is 1.92. The summed E-state index contributed by atoms with van der Waals surface area (Å²) in [5.41, 5.74) is 0.698. The summed E-state index contributed by atoms with van der Waals surface area (Å²) < 4.78 is 13.3. The molecule has 0 fully saturated rings. The van der Waals surface area contributed by atoms with E-state index < -0.39 is 6.03 Å². The fourth-order valence-electron chi connectivity index (χ4n) is 1.56. The van der Waals surface area contributed by atoms with Crippen molar-refractivity contribution in [2.45, 2.75) is 6.54 Å². The third kappa shape index (κ3) is 3.45. The molecule has 2 aromatic rings. The molecule has 4 nitrogen and oxygen atoms in total. The first-order chi connectivity index (χ1) is 9.16. The molecule has 0 spiro atoms. The first kappa shape index (κ1) is 12.9. The number of phenols is 1. The van der Waals surface area contributed by atoms with Crippen molar-refractivity contribution in [3.05, 3.63) is 59.9 Å². The molecule has 0 saturated carbocycles. The maximum Gasteiger partial charge on any atom is 0.319 e. The van der Waals surface area contributed by atoms with Crippen molar-refractivity contribution >= 4 is 11.7 Å². The number of nitrogens with one attached hydrogen (secondary N) is 2. The first-order valence-electron chi connectivity index (χ1n) is 5.73. The lowest BCUT2D eigenvalue weighted by Crippen LogP contribution is -2.28. The minimum atomic E-state index is -0.509. The summed E-state index contributed by atoms with van der Waals surface area (Å²) in [5.74, 6) is -0.395. The minimum Gasteiger partial charge on any atom is -0.506 e. The van der Waals surface area contributed by atoms with Crippen LogP contribution in [0.2, 0.25) is 0 Å². The van der Waals surface area contributed by atoms with Gasteiger partial charge in [-0.25, -0.2) is 9.18 Å². The van der Waals surface area contributed by atoms with E-state index in [0.717, 1.165) is 0 Å². The van der Waals surface area contributed by atoms with Crippen LogP contribution in [0.4, 0.5) is 14.9 Å². The molecule has 0 atom stereocenters. The number of phenolic OH excluding ortho intramolecular Hbond substituents is 1. The molecule has 0 saturated heterocycles. The van der Waals surface area contributed by atoms with Crippen LogP contribution in [0.5, 0.6) is 5.75 Å². The largest absolute Gasteiger partial charge is 0.506 e. The second kappa shape index (κ2) is 5.86. The van der Waals surface area contributed by atoms with Crippen LogP contribution >= 0.6 is 0 Å². The lowest BCUT2D eigenvalue weighted by atomic mass is 10.2.